The highest BCUT2D eigenvalue weighted by Crippen LogP contribution is 2.68. The molecule has 96 heavy (non-hydrogen) atoms. The van der Waals surface area contributed by atoms with Crippen LogP contribution in [-0.4, -0.2) is 110 Å². The minimum Gasteiger partial charge on any atom is -0.480 e. The lowest BCUT2D eigenvalue weighted by molar-refractivity contribution is -0.143. The van der Waals surface area contributed by atoms with Crippen molar-refractivity contribution in [2.45, 2.75) is 160 Å². The van der Waals surface area contributed by atoms with E-state index in [1.807, 2.05) is 0 Å². The number of hydrogen-bond acceptors (Lipinski definition) is 15. The van der Waals surface area contributed by atoms with Crippen molar-refractivity contribution < 1.29 is 103 Å². The maximum Gasteiger partial charge on any atom is 0.530 e. The monoisotopic (exact) mass is 1440 g/mol. The van der Waals surface area contributed by atoms with E-state index >= 15 is 17.6 Å². The van der Waals surface area contributed by atoms with Gasteiger partial charge in [-0.3, -0.25) is 37.6 Å². The Morgan fingerprint density at radius 3 is 2.10 bits per heavy atom. The average Bonchev–Trinajstić information content (AvgIpc) is 1.51. The first-order valence-corrected chi connectivity index (χ1v) is 34.1. The minimum absolute atomic E-state index is 0.0543. The summed E-state index contributed by atoms with van der Waals surface area (Å²) in [5.74, 6) is -9.06. The van der Waals surface area contributed by atoms with Crippen molar-refractivity contribution in [2.75, 3.05) is 12.8 Å². The lowest BCUT2D eigenvalue weighted by atomic mass is 9.77. The molecule has 2 aliphatic rings. The van der Waals surface area contributed by atoms with Crippen LogP contribution in [0.5, 0.6) is 5.75 Å². The third kappa shape index (κ3) is 16.8. The van der Waals surface area contributed by atoms with E-state index in [1.165, 1.54) is 67.5 Å². The molecule has 1 fully saturated rings. The Balaban J connectivity index is 1.29. The van der Waals surface area contributed by atoms with Gasteiger partial charge in [-0.15, -0.1) is 0 Å². The summed E-state index contributed by atoms with van der Waals surface area (Å²) in [4.78, 5) is 58.6. The fourth-order valence-electron chi connectivity index (χ4n) is 11.3. The number of nitrogens with one attached hydrogen (secondary N) is 2. The topological polar surface area (TPSA) is 277 Å². The van der Waals surface area contributed by atoms with E-state index in [9.17, 15) is 72.0 Å². The molecule has 6 aromatic rings. The van der Waals surface area contributed by atoms with Crippen LogP contribution in [0.15, 0.2) is 54.6 Å². The van der Waals surface area contributed by atoms with Crippen molar-refractivity contribution in [1.82, 2.24) is 39.5 Å². The molecule has 3 aromatic carbocycles. The molecule has 0 spiro atoms. The number of benzene rings is 3. The van der Waals surface area contributed by atoms with Crippen LogP contribution < -0.4 is 15.2 Å². The van der Waals surface area contributed by atoms with E-state index in [0.717, 1.165) is 42.7 Å². The molecule has 21 nitrogen and oxygen atoms in total. The second kappa shape index (κ2) is 27.4. The predicted octanol–water partition coefficient (Wildman–Crippen LogP) is 10.9. The maximum absolute atomic E-state index is 15.8. The first kappa shape index (κ1) is 74.2. The highest BCUT2D eigenvalue weighted by molar-refractivity contribution is 7.92. The van der Waals surface area contributed by atoms with Crippen molar-refractivity contribution >= 4 is 74.7 Å². The molecule has 3 N–H and O–H groups in total. The molecule has 3 amide bonds. The van der Waals surface area contributed by atoms with Crippen molar-refractivity contribution in [3.05, 3.63) is 128 Å². The number of hydrogen-bond donors (Lipinski definition) is 4. The van der Waals surface area contributed by atoms with Crippen LogP contribution in [0.3, 0.4) is 0 Å². The standard InChI is InChI=1S/C61H64ClF10N8O13PS2/c1-30(2)91-94(86,92-31(3)4)93-45-18-32(5)17-34(22-46(81)73-26-49(84)85)52(45)57(6,7)25-48(83)80(95(87)88)27-44-51-42(62)14-13-39(54(51)79(76-44)29-59(65,66)67)38-12-11-37(15-16-58(8,9)96(10,89)90)74-53(38)43(21-33-19-35(63)23-36(64)20-33)75-47(82)28-78-56-50(55(77-78)61(70,71)72)40-24-41(40)60(56,68)69/h11-14,17-20,23,30-31,40-41,43,95H,21-22,24-29H2,1-10H3,(H,73,81)(H,75,82)(H,84,85)/t40-,41+,43-/m0/s1. The number of carbonyl (C=O) groups is 4. The van der Waals surface area contributed by atoms with Crippen molar-refractivity contribution in [3.63, 3.8) is 0 Å². The number of carbonyl (C=O) groups excluding carboxylic acids is 3. The van der Waals surface area contributed by atoms with E-state index in [0.29, 0.717) is 16.3 Å². The van der Waals surface area contributed by atoms with Gasteiger partial charge in [-0.1, -0.05) is 43.5 Å². The number of aliphatic carboxylic acids is 1. The molecular weight excluding hydrogens is 1370 g/mol. The van der Waals surface area contributed by atoms with Gasteiger partial charge in [0.1, 0.15) is 53.2 Å². The van der Waals surface area contributed by atoms with Crippen LogP contribution in [0.1, 0.15) is 136 Å². The Kier molecular flexibility index (Phi) is 21.1. The minimum atomic E-state index is -5.27. The zero-order chi connectivity index (χ0) is 71.5. The molecule has 8 rings (SSSR count). The number of halogens is 11. The molecule has 3 heterocycles. The number of phosphoric ester groups is 1. The fraction of sp³-hybridized carbons (Fsp3) is 0.459. The third-order valence-electron chi connectivity index (χ3n) is 15.5. The van der Waals surface area contributed by atoms with Crippen LogP contribution in [0.2, 0.25) is 5.02 Å². The van der Waals surface area contributed by atoms with Crippen molar-refractivity contribution in [1.29, 1.82) is 0 Å². The summed E-state index contributed by atoms with van der Waals surface area (Å²) in [6, 6.07) is 7.57. The Labute approximate surface area is 550 Å². The van der Waals surface area contributed by atoms with Gasteiger partial charge >= 0.3 is 26.1 Å². The summed E-state index contributed by atoms with van der Waals surface area (Å²) < 4.78 is 233. The van der Waals surface area contributed by atoms with E-state index in [-0.39, 0.29) is 54.7 Å². The maximum atomic E-state index is 15.8. The van der Waals surface area contributed by atoms with Crippen molar-refractivity contribution in [3.8, 4) is 28.7 Å². The molecule has 0 saturated heterocycles. The molecule has 35 heteroatoms. The van der Waals surface area contributed by atoms with E-state index in [1.54, 1.807) is 6.92 Å². The summed E-state index contributed by atoms with van der Waals surface area (Å²) in [7, 11) is -12.7. The van der Waals surface area contributed by atoms with Gasteiger partial charge in [-0.2, -0.15) is 45.3 Å². The number of aromatic nitrogens is 5. The second-order valence-corrected chi connectivity index (χ2v) is 30.3. The fourth-order valence-corrected chi connectivity index (χ4v) is 13.9. The molecule has 0 unspecified atom stereocenters. The quantitative estimate of drug-likeness (QED) is 0.0179. The molecular formula is C61H64ClF10N8O13PS2. The number of pyridine rings is 1. The molecule has 3 aromatic heterocycles. The smallest absolute Gasteiger partial charge is 0.480 e. The Morgan fingerprint density at radius 2 is 1.53 bits per heavy atom. The van der Waals surface area contributed by atoms with E-state index in [4.69, 9.17) is 25.2 Å². The number of carboxylic acid groups (broad SMARTS) is 1. The summed E-state index contributed by atoms with van der Waals surface area (Å²) in [6.07, 6.45) is -13.7. The van der Waals surface area contributed by atoms with Crippen molar-refractivity contribution in [2.24, 2.45) is 5.92 Å². The predicted molar refractivity (Wildman–Crippen MR) is 327 cm³/mol. The number of fused-ring (bicyclic) bond motifs is 4. The van der Waals surface area contributed by atoms with Gasteiger partial charge in [0, 0.05) is 57.7 Å². The van der Waals surface area contributed by atoms with Crippen LogP contribution in [0.4, 0.5) is 43.9 Å². The number of carboxylic acids is 1. The van der Waals surface area contributed by atoms with E-state index in [2.05, 4.69) is 37.7 Å². The number of phosphoric acid groups is 1. The average molecular weight is 1440 g/mol. The van der Waals surface area contributed by atoms with Crippen LogP contribution in [0, 0.1) is 36.3 Å². The highest BCUT2D eigenvalue weighted by atomic mass is 35.5. The highest BCUT2D eigenvalue weighted by Gasteiger charge is 2.68. The zero-order valence-electron chi connectivity index (χ0n) is 52.7. The second-order valence-electron chi connectivity index (χ2n) is 24.9. The molecule has 520 valence electrons. The number of nitrogens with zero attached hydrogens (tertiary/aromatic N) is 6. The first-order valence-electron chi connectivity index (χ1n) is 29.2. The first-order chi connectivity index (χ1) is 44.2. The van der Waals surface area contributed by atoms with Gasteiger partial charge in [-0.05, 0) is 126 Å². The number of aryl methyl sites for hydroxylation is 1. The Bertz CT molecular complexity index is 4390. The van der Waals surface area contributed by atoms with Gasteiger partial charge in [0.2, 0.25) is 28.6 Å². The lowest BCUT2D eigenvalue weighted by Gasteiger charge is -2.32. The SMILES string of the molecule is Cc1cc(CC(=O)NCC(=O)O)c(C(C)(C)CC(=O)N(Cc2nn(CC(F)(F)F)c3c(-c4ccc(C#CC(C)(C)S(C)(=O)=O)nc4[C@H](Cc4cc(F)cc(F)c4)NC(=O)Cn4nc(C(F)(F)F)c5c4C(F)(F)[C@@H]4C[C@H]54)ccc(Cl)c23)[SH](=O)=O)c(OP(=O)(OC(C)C)OC(C)C)c1. The number of alkyl halides is 8. The number of rotatable bonds is 25. The molecule has 0 bridgehead atoms. The molecule has 2 aliphatic carbocycles. The molecule has 1 saturated carbocycles. The summed E-state index contributed by atoms with van der Waals surface area (Å²) in [5, 5.41) is 20.7. The van der Waals surface area contributed by atoms with Crippen LogP contribution >= 0.6 is 19.4 Å². The number of sulfone groups is 1. The number of thiol groups is 1. The Morgan fingerprint density at radius 1 is 0.906 bits per heavy atom. The van der Waals surface area contributed by atoms with Gasteiger partial charge in [0.05, 0.1) is 53.1 Å². The van der Waals surface area contributed by atoms with Gasteiger partial charge < -0.3 is 20.3 Å². The lowest BCUT2D eigenvalue weighted by Crippen LogP contribution is -2.36. The molecule has 0 aliphatic heterocycles. The summed E-state index contributed by atoms with van der Waals surface area (Å²) in [6.45, 7) is 7.56. The largest absolute Gasteiger partial charge is 0.530 e. The zero-order valence-corrected chi connectivity index (χ0v) is 56.1. The Hall–Kier alpha value is -7.63. The summed E-state index contributed by atoms with van der Waals surface area (Å²) >= 11 is 6.86. The van der Waals surface area contributed by atoms with Crippen LogP contribution in [0.25, 0.3) is 22.0 Å². The van der Waals surface area contributed by atoms with Gasteiger partial charge in [0.15, 0.2) is 15.5 Å². The normalized spacial score (nSPS) is 15.9. The van der Waals surface area contributed by atoms with Gasteiger partial charge in [0.25, 0.3) is 5.92 Å². The third-order valence-corrected chi connectivity index (χ3v) is 20.3. The summed E-state index contributed by atoms with van der Waals surface area (Å²) in [5.41, 5.74) is -7.96. The molecule has 3 atom stereocenters. The van der Waals surface area contributed by atoms with E-state index < -0.39 is 212 Å². The molecule has 0 radical (unpaired) electrons. The van der Waals surface area contributed by atoms with Gasteiger partial charge in [-0.25, -0.2) is 39.5 Å². The number of amides is 3. The van der Waals surface area contributed by atoms with Crippen LogP contribution in [-0.2, 0) is 104 Å².